The van der Waals surface area contributed by atoms with E-state index in [1.165, 1.54) is 18.5 Å². The third kappa shape index (κ3) is 5.97. The van der Waals surface area contributed by atoms with Crippen molar-refractivity contribution in [1.29, 1.82) is 0 Å². The van der Waals surface area contributed by atoms with Gasteiger partial charge >= 0.3 is 0 Å². The first kappa shape index (κ1) is 24.1. The van der Waals surface area contributed by atoms with E-state index in [1.54, 1.807) is 18.2 Å². The second-order valence-electron chi connectivity index (χ2n) is 9.29. The van der Waals surface area contributed by atoms with Crippen molar-refractivity contribution in [2.75, 3.05) is 31.1 Å². The summed E-state index contributed by atoms with van der Waals surface area (Å²) in [5, 5.41) is 8.22. The second kappa shape index (κ2) is 11.0. The van der Waals surface area contributed by atoms with Crippen LogP contribution in [0.2, 0.25) is 10.0 Å². The van der Waals surface area contributed by atoms with E-state index in [-0.39, 0.29) is 11.8 Å². The van der Waals surface area contributed by atoms with E-state index in [0.29, 0.717) is 47.0 Å². The second-order valence-corrected chi connectivity index (χ2v) is 10.1. The minimum Gasteiger partial charge on any atom is -0.372 e. The normalized spacial score (nSPS) is 18.7. The Morgan fingerprint density at radius 3 is 2.63 bits per heavy atom. The molecule has 3 heterocycles. The predicted molar refractivity (Wildman–Crippen MR) is 137 cm³/mol. The SMILES string of the molecule is O=C(NCc1ccc(N2CCCC2)cc1)C1CCCN(Cc2nc(-c3ccc(Cl)cc3Cl)no2)C1. The minimum atomic E-state index is -0.0549. The number of benzene rings is 2. The maximum Gasteiger partial charge on any atom is 0.241 e. The van der Waals surface area contributed by atoms with Gasteiger partial charge in [-0.3, -0.25) is 9.69 Å². The highest BCUT2D eigenvalue weighted by Gasteiger charge is 2.27. The lowest BCUT2D eigenvalue weighted by atomic mass is 9.97. The fourth-order valence-electron chi connectivity index (χ4n) is 4.84. The fourth-order valence-corrected chi connectivity index (χ4v) is 5.33. The van der Waals surface area contributed by atoms with Gasteiger partial charge in [-0.25, -0.2) is 0 Å². The van der Waals surface area contributed by atoms with E-state index in [0.717, 1.165) is 38.0 Å². The quantitative estimate of drug-likeness (QED) is 0.469. The van der Waals surface area contributed by atoms with E-state index in [9.17, 15) is 4.79 Å². The maximum atomic E-state index is 12.9. The molecule has 1 unspecified atom stereocenters. The van der Waals surface area contributed by atoms with Crippen LogP contribution in [0.15, 0.2) is 47.0 Å². The van der Waals surface area contributed by atoms with Crippen molar-refractivity contribution in [1.82, 2.24) is 20.4 Å². The van der Waals surface area contributed by atoms with Crippen molar-refractivity contribution < 1.29 is 9.32 Å². The van der Waals surface area contributed by atoms with Crippen LogP contribution in [0.4, 0.5) is 5.69 Å². The highest BCUT2D eigenvalue weighted by Crippen LogP contribution is 2.29. The number of rotatable bonds is 7. The van der Waals surface area contributed by atoms with Gasteiger partial charge in [0.05, 0.1) is 17.5 Å². The summed E-state index contributed by atoms with van der Waals surface area (Å²) < 4.78 is 5.46. The van der Waals surface area contributed by atoms with Gasteiger partial charge in [0.25, 0.3) is 0 Å². The van der Waals surface area contributed by atoms with E-state index in [1.807, 2.05) is 0 Å². The molecule has 5 rings (SSSR count). The number of nitrogens with one attached hydrogen (secondary N) is 1. The average molecular weight is 514 g/mol. The summed E-state index contributed by atoms with van der Waals surface area (Å²) in [7, 11) is 0. The van der Waals surface area contributed by atoms with Crippen molar-refractivity contribution in [3.05, 3.63) is 64.0 Å². The van der Waals surface area contributed by atoms with Gasteiger partial charge in [0.2, 0.25) is 17.6 Å². The van der Waals surface area contributed by atoms with Crippen LogP contribution < -0.4 is 10.2 Å². The van der Waals surface area contributed by atoms with Crippen LogP contribution in [0.1, 0.15) is 37.1 Å². The number of aromatic nitrogens is 2. The first-order valence-corrected chi connectivity index (χ1v) is 12.9. The number of nitrogens with zero attached hydrogens (tertiary/aromatic N) is 4. The van der Waals surface area contributed by atoms with Gasteiger partial charge in [-0.05, 0) is 68.1 Å². The summed E-state index contributed by atoms with van der Waals surface area (Å²) in [4.78, 5) is 22.0. The number of hydrogen-bond acceptors (Lipinski definition) is 6. The minimum absolute atomic E-state index is 0.0549. The Morgan fingerprint density at radius 1 is 1.06 bits per heavy atom. The number of amides is 1. The Hall–Kier alpha value is -2.61. The molecule has 1 atom stereocenters. The zero-order valence-corrected chi connectivity index (χ0v) is 21.1. The smallest absolute Gasteiger partial charge is 0.241 e. The van der Waals surface area contributed by atoms with Gasteiger partial charge in [0, 0.05) is 42.5 Å². The molecule has 9 heteroatoms. The summed E-state index contributed by atoms with van der Waals surface area (Å²) >= 11 is 12.2. The molecule has 0 bridgehead atoms. The molecular formula is C26H29Cl2N5O2. The van der Waals surface area contributed by atoms with Crippen LogP contribution in [0.25, 0.3) is 11.4 Å². The van der Waals surface area contributed by atoms with Crippen LogP contribution in [-0.4, -0.2) is 47.1 Å². The zero-order valence-electron chi connectivity index (χ0n) is 19.6. The molecule has 0 aliphatic carbocycles. The lowest BCUT2D eigenvalue weighted by Gasteiger charge is -2.30. The first-order valence-electron chi connectivity index (χ1n) is 12.2. The third-order valence-corrected chi connectivity index (χ3v) is 7.30. The molecule has 35 heavy (non-hydrogen) atoms. The largest absolute Gasteiger partial charge is 0.372 e. The summed E-state index contributed by atoms with van der Waals surface area (Å²) in [5.74, 6) is 0.979. The molecular weight excluding hydrogens is 485 g/mol. The number of anilines is 1. The highest BCUT2D eigenvalue weighted by molar-refractivity contribution is 6.36. The van der Waals surface area contributed by atoms with Gasteiger partial charge < -0.3 is 14.7 Å². The molecule has 2 saturated heterocycles. The molecule has 1 amide bonds. The van der Waals surface area contributed by atoms with Gasteiger partial charge in [0.1, 0.15) is 0 Å². The molecule has 0 saturated carbocycles. The number of hydrogen-bond donors (Lipinski definition) is 1. The number of carbonyl (C=O) groups excluding carboxylic acids is 1. The molecule has 2 aliphatic heterocycles. The van der Waals surface area contributed by atoms with Crippen molar-refractivity contribution in [3.8, 4) is 11.4 Å². The van der Waals surface area contributed by atoms with E-state index in [2.05, 4.69) is 49.5 Å². The van der Waals surface area contributed by atoms with Gasteiger partial charge in [-0.1, -0.05) is 40.5 Å². The Morgan fingerprint density at radius 2 is 1.86 bits per heavy atom. The number of halogens is 2. The Bertz CT molecular complexity index is 1160. The lowest BCUT2D eigenvalue weighted by Crippen LogP contribution is -2.42. The topological polar surface area (TPSA) is 74.5 Å². The van der Waals surface area contributed by atoms with E-state index >= 15 is 0 Å². The summed E-state index contributed by atoms with van der Waals surface area (Å²) in [6.07, 6.45) is 4.36. The molecule has 3 aromatic rings. The maximum absolute atomic E-state index is 12.9. The Balaban J connectivity index is 1.13. The molecule has 2 fully saturated rings. The van der Waals surface area contributed by atoms with Crippen LogP contribution in [0.3, 0.4) is 0 Å². The predicted octanol–water partition coefficient (Wildman–Crippen LogP) is 5.17. The molecule has 2 aliphatic rings. The summed E-state index contributed by atoms with van der Waals surface area (Å²) in [6, 6.07) is 13.7. The van der Waals surface area contributed by atoms with Crippen LogP contribution in [0.5, 0.6) is 0 Å². The molecule has 1 aromatic heterocycles. The average Bonchev–Trinajstić information content (AvgIpc) is 3.56. The zero-order chi connectivity index (χ0) is 24.2. The summed E-state index contributed by atoms with van der Waals surface area (Å²) in [6.45, 7) is 4.87. The van der Waals surface area contributed by atoms with Crippen molar-refractivity contribution in [2.24, 2.45) is 5.92 Å². The van der Waals surface area contributed by atoms with Crippen LogP contribution in [0, 0.1) is 5.92 Å². The van der Waals surface area contributed by atoms with Gasteiger partial charge in [0.15, 0.2) is 0 Å². The monoisotopic (exact) mass is 513 g/mol. The van der Waals surface area contributed by atoms with Crippen molar-refractivity contribution in [2.45, 2.75) is 38.8 Å². The molecule has 184 valence electrons. The van der Waals surface area contributed by atoms with Gasteiger partial charge in [-0.2, -0.15) is 4.98 Å². The van der Waals surface area contributed by atoms with Crippen LogP contribution in [-0.2, 0) is 17.9 Å². The first-order chi connectivity index (χ1) is 17.0. The van der Waals surface area contributed by atoms with E-state index in [4.69, 9.17) is 27.7 Å². The lowest BCUT2D eigenvalue weighted by molar-refractivity contribution is -0.127. The fraction of sp³-hybridized carbons (Fsp3) is 0.423. The molecule has 2 aromatic carbocycles. The van der Waals surface area contributed by atoms with Crippen LogP contribution >= 0.6 is 23.2 Å². The van der Waals surface area contributed by atoms with Crippen molar-refractivity contribution >= 4 is 34.8 Å². The number of piperidine rings is 1. The van der Waals surface area contributed by atoms with E-state index < -0.39 is 0 Å². The number of likely N-dealkylation sites (tertiary alicyclic amines) is 1. The molecule has 7 nitrogen and oxygen atoms in total. The highest BCUT2D eigenvalue weighted by atomic mass is 35.5. The summed E-state index contributed by atoms with van der Waals surface area (Å²) in [5.41, 5.74) is 3.06. The standard InChI is InChI=1S/C26H29Cl2N5O2/c27-20-7-10-22(23(28)14-20)25-30-24(35-31-25)17-32-11-3-4-19(16-32)26(34)29-15-18-5-8-21(9-6-18)33-12-1-2-13-33/h5-10,14,19H,1-4,11-13,15-17H2,(H,29,34). The molecule has 0 spiro atoms. The number of carbonyl (C=O) groups is 1. The Kier molecular flexibility index (Phi) is 7.56. The molecule has 0 radical (unpaired) electrons. The van der Waals surface area contributed by atoms with Crippen molar-refractivity contribution in [3.63, 3.8) is 0 Å². The third-order valence-electron chi connectivity index (χ3n) is 6.75. The van der Waals surface area contributed by atoms with Gasteiger partial charge in [-0.15, -0.1) is 0 Å². The Labute approximate surface area is 215 Å². The molecule has 1 N–H and O–H groups in total.